The van der Waals surface area contributed by atoms with E-state index in [9.17, 15) is 4.79 Å². The zero-order valence-electron chi connectivity index (χ0n) is 15.9. The van der Waals surface area contributed by atoms with Crippen LogP contribution in [0.15, 0.2) is 16.6 Å². The molecule has 0 fully saturated rings. The predicted octanol–water partition coefficient (Wildman–Crippen LogP) is 2.59. The fourth-order valence-corrected chi connectivity index (χ4v) is 3.55. The molecule has 144 valence electrons. The Hall–Kier alpha value is -1.93. The summed E-state index contributed by atoms with van der Waals surface area (Å²) in [5.41, 5.74) is 2.12. The lowest BCUT2D eigenvalue weighted by Gasteiger charge is -2.18. The van der Waals surface area contributed by atoms with Gasteiger partial charge in [0.1, 0.15) is 9.88 Å². The maximum atomic E-state index is 11.9. The number of ether oxygens (including phenoxy) is 2. The third-order valence-electron chi connectivity index (χ3n) is 4.02. The van der Waals surface area contributed by atoms with Gasteiger partial charge >= 0.3 is 5.97 Å². The number of thiazole rings is 1. The number of carbonyl (C=O) groups is 1. The van der Waals surface area contributed by atoms with E-state index in [1.807, 2.05) is 13.8 Å². The number of hydrogen-bond donors (Lipinski definition) is 2. The summed E-state index contributed by atoms with van der Waals surface area (Å²) in [5.74, 6) is 0.406. The number of nitrogens with one attached hydrogen (secondary N) is 2. The second kappa shape index (κ2) is 10.3. The van der Waals surface area contributed by atoms with Crippen molar-refractivity contribution >= 4 is 23.3 Å². The lowest BCUT2D eigenvalue weighted by molar-refractivity contribution is 0.0531. The quantitative estimate of drug-likeness (QED) is 0.327. The Morgan fingerprint density at radius 1 is 1.54 bits per heavy atom. The van der Waals surface area contributed by atoms with E-state index in [1.165, 1.54) is 16.9 Å². The maximum absolute atomic E-state index is 11.9. The highest BCUT2D eigenvalue weighted by atomic mass is 32.1. The van der Waals surface area contributed by atoms with E-state index >= 15 is 0 Å². The molecular weight excluding hydrogens is 352 g/mol. The first-order valence-electron chi connectivity index (χ1n) is 8.92. The van der Waals surface area contributed by atoms with Gasteiger partial charge in [-0.05, 0) is 33.6 Å². The van der Waals surface area contributed by atoms with Crippen LogP contribution in [-0.2, 0) is 9.47 Å². The Morgan fingerprint density at radius 3 is 3.00 bits per heavy atom. The first-order chi connectivity index (χ1) is 12.5. The van der Waals surface area contributed by atoms with Crippen LogP contribution < -0.4 is 10.6 Å². The van der Waals surface area contributed by atoms with Crippen LogP contribution in [0.1, 0.15) is 53.1 Å². The Balaban J connectivity index is 1.88. The van der Waals surface area contributed by atoms with Crippen LogP contribution in [-0.4, -0.2) is 50.3 Å². The average Bonchev–Trinajstić information content (AvgIpc) is 3.04. The molecule has 7 nitrogen and oxygen atoms in total. The first-order valence-corrected chi connectivity index (χ1v) is 9.74. The highest BCUT2D eigenvalue weighted by Crippen LogP contribution is 2.24. The lowest BCUT2D eigenvalue weighted by Crippen LogP contribution is -2.39. The van der Waals surface area contributed by atoms with E-state index in [0.29, 0.717) is 23.8 Å². The second-order valence-corrected chi connectivity index (χ2v) is 7.02. The second-order valence-electron chi connectivity index (χ2n) is 5.99. The average molecular weight is 381 g/mol. The molecule has 1 aliphatic heterocycles. The van der Waals surface area contributed by atoms with E-state index < -0.39 is 0 Å². The molecule has 0 spiro atoms. The number of esters is 1. The number of rotatable bonds is 7. The minimum atomic E-state index is -0.312. The third-order valence-corrected chi connectivity index (χ3v) is 5.34. The van der Waals surface area contributed by atoms with Crippen molar-refractivity contribution in [2.45, 2.75) is 39.7 Å². The number of aryl methyl sites for hydroxylation is 1. The number of aromatic nitrogens is 1. The molecular formula is C18H28N4O3S. The minimum absolute atomic E-state index is 0.0598. The van der Waals surface area contributed by atoms with E-state index in [2.05, 4.69) is 26.7 Å². The molecule has 0 aromatic carbocycles. The molecule has 0 saturated carbocycles. The van der Waals surface area contributed by atoms with Crippen molar-refractivity contribution in [3.63, 3.8) is 0 Å². The van der Waals surface area contributed by atoms with Gasteiger partial charge in [-0.1, -0.05) is 11.6 Å². The van der Waals surface area contributed by atoms with Crippen LogP contribution in [0.2, 0.25) is 0 Å². The molecule has 1 atom stereocenters. The molecule has 0 aliphatic carbocycles. The molecule has 1 aromatic heterocycles. The van der Waals surface area contributed by atoms with Gasteiger partial charge in [-0.2, -0.15) is 0 Å². The predicted molar refractivity (Wildman–Crippen MR) is 104 cm³/mol. The Morgan fingerprint density at radius 2 is 2.35 bits per heavy atom. The zero-order chi connectivity index (χ0) is 18.9. The maximum Gasteiger partial charge on any atom is 0.350 e. The number of aliphatic imine (C=N–C) groups is 1. The van der Waals surface area contributed by atoms with Gasteiger partial charge in [0.05, 0.1) is 31.6 Å². The van der Waals surface area contributed by atoms with Crippen LogP contribution in [0.4, 0.5) is 0 Å². The number of hydrogen-bond acceptors (Lipinski definition) is 6. The van der Waals surface area contributed by atoms with E-state index in [1.54, 1.807) is 14.0 Å². The van der Waals surface area contributed by atoms with E-state index in [-0.39, 0.29) is 12.0 Å². The molecule has 8 heteroatoms. The van der Waals surface area contributed by atoms with Crippen molar-refractivity contribution in [3.05, 3.63) is 27.2 Å². The smallest absolute Gasteiger partial charge is 0.350 e. The minimum Gasteiger partial charge on any atom is -0.462 e. The van der Waals surface area contributed by atoms with Gasteiger partial charge in [0.25, 0.3) is 0 Å². The monoisotopic (exact) mass is 380 g/mol. The largest absolute Gasteiger partial charge is 0.462 e. The zero-order valence-corrected chi connectivity index (χ0v) is 16.7. The molecule has 1 aromatic rings. The number of carbonyl (C=O) groups excluding carboxylic acids is 1. The molecule has 0 radical (unpaired) electrons. The van der Waals surface area contributed by atoms with Crippen LogP contribution >= 0.6 is 11.3 Å². The molecule has 1 unspecified atom stereocenters. The Bertz CT molecular complexity index is 669. The summed E-state index contributed by atoms with van der Waals surface area (Å²) in [5, 5.41) is 7.48. The van der Waals surface area contributed by atoms with Crippen molar-refractivity contribution in [1.29, 1.82) is 0 Å². The van der Waals surface area contributed by atoms with Gasteiger partial charge in [-0.15, -0.1) is 11.3 Å². The molecule has 1 aliphatic rings. The topological polar surface area (TPSA) is 84.8 Å². The van der Waals surface area contributed by atoms with Crippen molar-refractivity contribution < 1.29 is 14.3 Å². The lowest BCUT2D eigenvalue weighted by atomic mass is 10.1. The molecule has 2 N–H and O–H groups in total. The molecule has 0 amide bonds. The Kier molecular flexibility index (Phi) is 8.06. The number of guanidine groups is 1. The van der Waals surface area contributed by atoms with Gasteiger partial charge in [-0.3, -0.25) is 4.99 Å². The Labute approximate surface area is 158 Å². The van der Waals surface area contributed by atoms with Crippen molar-refractivity contribution in [2.24, 2.45) is 4.99 Å². The van der Waals surface area contributed by atoms with Crippen LogP contribution in [0.5, 0.6) is 0 Å². The molecule has 2 rings (SSSR count). The van der Waals surface area contributed by atoms with Crippen molar-refractivity contribution in [2.75, 3.05) is 33.4 Å². The molecule has 2 heterocycles. The third kappa shape index (κ3) is 5.81. The summed E-state index contributed by atoms with van der Waals surface area (Å²) in [7, 11) is 1.74. The molecule has 0 bridgehead atoms. The standard InChI is InChI=1S/C18H28N4O3S/c1-5-25-17(23)15-12(2)21-16(26-15)13(3)22-18(19-4)20-9-6-14-7-10-24-11-8-14/h7,13H,5-6,8-11H2,1-4H3,(H2,19,20,22). The van der Waals surface area contributed by atoms with Crippen molar-refractivity contribution in [1.82, 2.24) is 15.6 Å². The van der Waals surface area contributed by atoms with E-state index in [4.69, 9.17) is 9.47 Å². The van der Waals surface area contributed by atoms with Gasteiger partial charge in [0.15, 0.2) is 5.96 Å². The highest BCUT2D eigenvalue weighted by molar-refractivity contribution is 7.13. The summed E-state index contributed by atoms with van der Waals surface area (Å²) >= 11 is 1.36. The highest BCUT2D eigenvalue weighted by Gasteiger charge is 2.20. The molecule has 0 saturated heterocycles. The van der Waals surface area contributed by atoms with Crippen LogP contribution in [0.25, 0.3) is 0 Å². The van der Waals surface area contributed by atoms with Gasteiger partial charge < -0.3 is 20.1 Å². The van der Waals surface area contributed by atoms with Crippen LogP contribution in [0.3, 0.4) is 0 Å². The molecule has 26 heavy (non-hydrogen) atoms. The summed E-state index contributed by atoms with van der Waals surface area (Å²) in [6, 6.07) is -0.0598. The number of nitrogens with zero attached hydrogens (tertiary/aromatic N) is 2. The summed E-state index contributed by atoms with van der Waals surface area (Å²) < 4.78 is 10.4. The normalized spacial score (nSPS) is 16.0. The fourth-order valence-electron chi connectivity index (χ4n) is 2.58. The fraction of sp³-hybridized carbons (Fsp3) is 0.611. The summed E-state index contributed by atoms with van der Waals surface area (Å²) in [4.78, 5) is 21.3. The van der Waals surface area contributed by atoms with Gasteiger partial charge in [0.2, 0.25) is 0 Å². The summed E-state index contributed by atoms with van der Waals surface area (Å²) in [6.07, 6.45) is 4.13. The first kappa shape index (κ1) is 20.4. The van der Waals surface area contributed by atoms with Crippen molar-refractivity contribution in [3.8, 4) is 0 Å². The van der Waals surface area contributed by atoms with Gasteiger partial charge in [0, 0.05) is 13.6 Å². The summed E-state index contributed by atoms with van der Waals surface area (Å²) in [6.45, 7) is 8.31. The van der Waals surface area contributed by atoms with Gasteiger partial charge in [-0.25, -0.2) is 9.78 Å². The van der Waals surface area contributed by atoms with E-state index in [0.717, 1.165) is 37.0 Å². The SMILES string of the molecule is CCOC(=O)c1sc(C(C)NC(=NC)NCCC2=CCOCC2)nc1C. The van der Waals surface area contributed by atoms with Crippen LogP contribution in [0, 0.1) is 6.92 Å².